The molecule has 280 valence electrons. The van der Waals surface area contributed by atoms with Crippen LogP contribution in [0.5, 0.6) is 5.75 Å². The van der Waals surface area contributed by atoms with Crippen LogP contribution in [0.15, 0.2) is 60.9 Å². The summed E-state index contributed by atoms with van der Waals surface area (Å²) in [5.41, 5.74) is 5.26. The smallest absolute Gasteiger partial charge is 0.251 e. The van der Waals surface area contributed by atoms with E-state index in [0.29, 0.717) is 47.6 Å². The topological polar surface area (TPSA) is 128 Å². The molecule has 4 fully saturated rings. The van der Waals surface area contributed by atoms with Gasteiger partial charge in [-0.05, 0) is 84.4 Å². The highest BCUT2D eigenvalue weighted by atomic mass is 16.7. The van der Waals surface area contributed by atoms with Crippen LogP contribution in [0.4, 0.5) is 5.69 Å². The van der Waals surface area contributed by atoms with Gasteiger partial charge in [-0.2, -0.15) is 5.06 Å². The van der Waals surface area contributed by atoms with Crippen molar-refractivity contribution in [1.29, 1.82) is 0 Å². The first-order valence-corrected chi connectivity index (χ1v) is 18.6. The van der Waals surface area contributed by atoms with Gasteiger partial charge in [-0.1, -0.05) is 39.0 Å². The Bertz CT molecular complexity index is 1730. The number of benzene rings is 2. The number of fused-ring (bicyclic) bond motifs is 2. The third-order valence-corrected chi connectivity index (χ3v) is 12.2. The largest absolute Gasteiger partial charge is 0.496 e. The highest BCUT2D eigenvalue weighted by Crippen LogP contribution is 2.61. The molecule has 7 rings (SSSR count). The Kier molecular flexibility index (Phi) is 11.3. The Hall–Kier alpha value is -4.03. The number of carbonyl (C=O) groups is 2. The zero-order chi connectivity index (χ0) is 37.3. The van der Waals surface area contributed by atoms with E-state index in [-0.39, 0.29) is 24.4 Å². The molecule has 4 aliphatic rings. The van der Waals surface area contributed by atoms with Crippen molar-refractivity contribution in [1.82, 2.24) is 26.0 Å². The normalized spacial score (nSPS) is 27.0. The summed E-state index contributed by atoms with van der Waals surface area (Å²) in [6.45, 7) is 10.0. The molecule has 2 aromatic carbocycles. The van der Waals surface area contributed by atoms with E-state index in [1.165, 1.54) is 6.42 Å². The molecule has 8 atom stereocenters. The molecule has 1 aliphatic heterocycles. The van der Waals surface area contributed by atoms with Crippen molar-refractivity contribution in [3.05, 3.63) is 77.6 Å². The maximum atomic E-state index is 14.5. The lowest BCUT2D eigenvalue weighted by molar-refractivity contribution is -0.176. The molecule has 0 radical (unpaired) electrons. The van der Waals surface area contributed by atoms with E-state index in [2.05, 4.69) is 41.7 Å². The first-order chi connectivity index (χ1) is 24.8. The molecule has 2 bridgehead atoms. The number of carbonyl (C=O) groups excluding carboxylic acids is 2. The number of aromatic nitrogens is 1. The van der Waals surface area contributed by atoms with Crippen LogP contribution >= 0.6 is 0 Å². The van der Waals surface area contributed by atoms with E-state index < -0.39 is 24.2 Å². The van der Waals surface area contributed by atoms with Gasteiger partial charge in [-0.15, -0.1) is 0 Å². The molecule has 3 saturated carbocycles. The molecule has 11 nitrogen and oxygen atoms in total. The quantitative estimate of drug-likeness (QED) is 0.201. The summed E-state index contributed by atoms with van der Waals surface area (Å²) in [5.74, 6) is 1.36. The Morgan fingerprint density at radius 2 is 1.88 bits per heavy atom. The lowest BCUT2D eigenvalue weighted by Gasteiger charge is -2.62. The van der Waals surface area contributed by atoms with E-state index in [1.54, 1.807) is 38.5 Å². The summed E-state index contributed by atoms with van der Waals surface area (Å²) in [6, 6.07) is 14.9. The van der Waals surface area contributed by atoms with Crippen molar-refractivity contribution >= 4 is 17.5 Å². The van der Waals surface area contributed by atoms with Crippen molar-refractivity contribution < 1.29 is 24.3 Å². The summed E-state index contributed by atoms with van der Waals surface area (Å²) in [6.07, 6.45) is 4.43. The fraction of sp³-hybridized carbons (Fsp3) is 0.537. The number of ether oxygens (including phenoxy) is 1. The van der Waals surface area contributed by atoms with E-state index >= 15 is 0 Å². The average molecular weight is 713 g/mol. The van der Waals surface area contributed by atoms with Crippen LogP contribution in [0.2, 0.25) is 0 Å². The number of hydrogen-bond acceptors (Lipinski definition) is 9. The number of hydrogen-bond donors (Lipinski definition) is 4. The van der Waals surface area contributed by atoms with Gasteiger partial charge >= 0.3 is 0 Å². The fourth-order valence-electron chi connectivity index (χ4n) is 9.01. The van der Waals surface area contributed by atoms with E-state index in [1.807, 2.05) is 67.5 Å². The molecule has 1 saturated heterocycles. The first-order valence-electron chi connectivity index (χ1n) is 18.6. The summed E-state index contributed by atoms with van der Waals surface area (Å²) in [4.78, 5) is 40.0. The van der Waals surface area contributed by atoms with Crippen LogP contribution < -0.4 is 25.6 Å². The minimum absolute atomic E-state index is 0.0704. The van der Waals surface area contributed by atoms with E-state index in [4.69, 9.17) is 9.57 Å². The zero-order valence-corrected chi connectivity index (χ0v) is 31.8. The monoisotopic (exact) mass is 712 g/mol. The van der Waals surface area contributed by atoms with Gasteiger partial charge in [0.2, 0.25) is 5.91 Å². The molecule has 3 aromatic rings. The summed E-state index contributed by atoms with van der Waals surface area (Å²) >= 11 is 0. The Morgan fingerprint density at radius 1 is 1.13 bits per heavy atom. The van der Waals surface area contributed by atoms with Gasteiger partial charge in [-0.25, -0.2) is 0 Å². The minimum Gasteiger partial charge on any atom is -0.496 e. The van der Waals surface area contributed by atoms with Gasteiger partial charge in [-0.3, -0.25) is 19.4 Å². The second-order valence-corrected chi connectivity index (χ2v) is 15.8. The molecule has 52 heavy (non-hydrogen) atoms. The number of rotatable bonds is 13. The van der Waals surface area contributed by atoms with Gasteiger partial charge in [0.05, 0.1) is 25.9 Å². The van der Waals surface area contributed by atoms with Crippen LogP contribution in [0, 0.1) is 29.1 Å². The van der Waals surface area contributed by atoms with Crippen LogP contribution in [0.1, 0.15) is 62.0 Å². The number of amides is 2. The van der Waals surface area contributed by atoms with Crippen molar-refractivity contribution in [2.24, 2.45) is 29.1 Å². The standard InChI is InChI=1S/C41H56N6O5/c1-24-33-19-30(41(33,3)4)20-34(24)45-40(50)37-36(25(2)48)35(22-44-21-26-12-14-43-15-13-26)52-47(37)23-27-10-9-11-32(38(27)51-8)28-16-29(39(49)42-5)18-31(17-28)46(6)7/h9-18,24-25,30,33-37,44,48H,19-23H2,1-8H3,(H,42,49)(H,45,50)/t24-,25-,30-,33+,34-,35-,36+,37-/m0/s1. The first kappa shape index (κ1) is 37.7. The number of anilines is 1. The second-order valence-electron chi connectivity index (χ2n) is 15.8. The highest BCUT2D eigenvalue weighted by Gasteiger charge is 2.57. The molecule has 1 aromatic heterocycles. The van der Waals surface area contributed by atoms with Gasteiger partial charge < -0.3 is 30.7 Å². The Morgan fingerprint density at radius 3 is 2.52 bits per heavy atom. The maximum absolute atomic E-state index is 14.5. The highest BCUT2D eigenvalue weighted by molar-refractivity contribution is 5.97. The Balaban J connectivity index is 1.31. The van der Waals surface area contributed by atoms with Crippen molar-refractivity contribution in [2.45, 2.75) is 77.9 Å². The number of para-hydroxylation sites is 1. The predicted molar refractivity (Wildman–Crippen MR) is 203 cm³/mol. The third kappa shape index (κ3) is 7.42. The van der Waals surface area contributed by atoms with Gasteiger partial charge in [0.1, 0.15) is 11.8 Å². The number of pyridine rings is 1. The molecule has 11 heteroatoms. The van der Waals surface area contributed by atoms with E-state index in [0.717, 1.165) is 34.4 Å². The van der Waals surface area contributed by atoms with Gasteiger partial charge in [0, 0.05) is 81.0 Å². The minimum atomic E-state index is -0.810. The van der Waals surface area contributed by atoms with Crippen LogP contribution in [0.25, 0.3) is 11.1 Å². The second kappa shape index (κ2) is 15.5. The van der Waals surface area contributed by atoms with Crippen molar-refractivity contribution in [3.63, 3.8) is 0 Å². The Labute approximate surface area is 308 Å². The zero-order valence-electron chi connectivity index (χ0n) is 31.8. The molecule has 0 spiro atoms. The van der Waals surface area contributed by atoms with Gasteiger partial charge in [0.25, 0.3) is 5.91 Å². The number of aliphatic hydroxyl groups is 1. The maximum Gasteiger partial charge on any atom is 0.251 e. The lowest BCUT2D eigenvalue weighted by Crippen LogP contribution is -2.62. The van der Waals surface area contributed by atoms with Crippen LogP contribution in [0.3, 0.4) is 0 Å². The predicted octanol–water partition coefficient (Wildman–Crippen LogP) is 4.64. The number of nitrogens with zero attached hydrogens (tertiary/aromatic N) is 3. The molecule has 2 heterocycles. The molecule has 0 unspecified atom stereocenters. The van der Waals surface area contributed by atoms with Gasteiger partial charge in [0.15, 0.2) is 0 Å². The third-order valence-electron chi connectivity index (χ3n) is 12.2. The number of aliphatic hydroxyl groups excluding tert-OH is 1. The van der Waals surface area contributed by atoms with Crippen LogP contribution in [-0.2, 0) is 22.7 Å². The number of nitrogens with one attached hydrogen (secondary N) is 3. The number of methoxy groups -OCH3 is 1. The molecule has 3 aliphatic carbocycles. The molecule has 4 N–H and O–H groups in total. The fourth-order valence-corrected chi connectivity index (χ4v) is 9.01. The summed E-state index contributed by atoms with van der Waals surface area (Å²) in [7, 11) is 7.13. The SMILES string of the molecule is CNC(=O)c1cc(-c2cccc(CN3O[C@@H](CNCc4ccncc4)[C@@H]([C@H](C)O)[C@H]3C(=O)N[C@H]3C[C@@H]4C[C@H]([C@@H]3C)C4(C)C)c2OC)cc(N(C)C)c1. The molecular weight excluding hydrogens is 656 g/mol. The summed E-state index contributed by atoms with van der Waals surface area (Å²) < 4.78 is 6.09. The van der Waals surface area contributed by atoms with Crippen molar-refractivity contribution in [2.75, 3.05) is 39.7 Å². The van der Waals surface area contributed by atoms with E-state index in [9.17, 15) is 14.7 Å². The molecular formula is C41H56N6O5. The molecule has 2 amide bonds. The van der Waals surface area contributed by atoms with Crippen LogP contribution in [-0.4, -0.2) is 86.1 Å². The number of hydroxylamine groups is 2. The summed E-state index contributed by atoms with van der Waals surface area (Å²) in [5, 5.41) is 22.7. The van der Waals surface area contributed by atoms with Crippen molar-refractivity contribution in [3.8, 4) is 16.9 Å². The average Bonchev–Trinajstić information content (AvgIpc) is 3.49. The lowest BCUT2D eigenvalue weighted by atomic mass is 9.45.